The molecule has 0 unspecified atom stereocenters. The van der Waals surface area contributed by atoms with Gasteiger partial charge in [0.2, 0.25) is 0 Å². The van der Waals surface area contributed by atoms with Gasteiger partial charge in [-0.05, 0) is 37.7 Å². The van der Waals surface area contributed by atoms with Crippen molar-refractivity contribution in [3.63, 3.8) is 0 Å². The second-order valence-corrected chi connectivity index (χ2v) is 5.43. The highest BCUT2D eigenvalue weighted by atomic mass is 127. The summed E-state index contributed by atoms with van der Waals surface area (Å²) in [5.74, 6) is 0.740. The largest absolute Gasteiger partial charge is 0.391 e. The molecular formula is C13H21FIN3O. The van der Waals surface area contributed by atoms with Gasteiger partial charge >= 0.3 is 0 Å². The van der Waals surface area contributed by atoms with Crippen LogP contribution in [0.15, 0.2) is 16.4 Å². The molecule has 2 fully saturated rings. The second kappa shape index (κ2) is 6.39. The quantitative estimate of drug-likeness (QED) is 0.718. The maximum Gasteiger partial charge on any atom is 0.194 e. The normalized spacial score (nSPS) is 29.1. The van der Waals surface area contributed by atoms with Gasteiger partial charge in [-0.1, -0.05) is 0 Å². The van der Waals surface area contributed by atoms with E-state index in [9.17, 15) is 9.50 Å². The Morgan fingerprint density at radius 2 is 2.16 bits per heavy atom. The Bertz CT molecular complexity index is 391. The number of fused-ring (bicyclic) bond motifs is 1. The van der Waals surface area contributed by atoms with Crippen molar-refractivity contribution < 1.29 is 9.50 Å². The van der Waals surface area contributed by atoms with Gasteiger partial charge in [-0.2, -0.15) is 0 Å². The fraction of sp³-hybridized carbons (Fsp3) is 0.769. The molecule has 0 aromatic rings. The number of halogens is 2. The van der Waals surface area contributed by atoms with Crippen LogP contribution >= 0.6 is 24.0 Å². The summed E-state index contributed by atoms with van der Waals surface area (Å²) in [5.41, 5.74) is 0.971. The van der Waals surface area contributed by atoms with E-state index in [1.54, 1.807) is 0 Å². The van der Waals surface area contributed by atoms with Crippen molar-refractivity contribution >= 4 is 29.9 Å². The van der Waals surface area contributed by atoms with Gasteiger partial charge in [0.1, 0.15) is 5.83 Å². The SMILES string of the molecule is I.O[C@@H]1C[C@@H]2CN=C(NCC(F)=C3CCCC3)N2C1. The summed E-state index contributed by atoms with van der Waals surface area (Å²) >= 11 is 0. The van der Waals surface area contributed by atoms with Gasteiger partial charge in [-0.3, -0.25) is 4.99 Å². The fourth-order valence-corrected chi connectivity index (χ4v) is 3.12. The molecule has 1 aliphatic carbocycles. The number of guanidine groups is 1. The average molecular weight is 381 g/mol. The number of nitrogens with one attached hydrogen (secondary N) is 1. The maximum atomic E-state index is 13.9. The lowest BCUT2D eigenvalue weighted by Gasteiger charge is -2.20. The minimum Gasteiger partial charge on any atom is -0.391 e. The van der Waals surface area contributed by atoms with Gasteiger partial charge in [-0.15, -0.1) is 24.0 Å². The molecule has 3 rings (SSSR count). The molecule has 19 heavy (non-hydrogen) atoms. The van der Waals surface area contributed by atoms with E-state index in [-0.39, 0.29) is 42.5 Å². The Balaban J connectivity index is 0.00000133. The highest BCUT2D eigenvalue weighted by Crippen LogP contribution is 2.27. The van der Waals surface area contributed by atoms with Gasteiger partial charge in [0.05, 0.1) is 25.2 Å². The van der Waals surface area contributed by atoms with Crippen molar-refractivity contribution in [1.29, 1.82) is 0 Å². The molecular weight excluding hydrogens is 360 g/mol. The third-order valence-corrected chi connectivity index (χ3v) is 4.11. The molecule has 0 aromatic heterocycles. The smallest absolute Gasteiger partial charge is 0.194 e. The van der Waals surface area contributed by atoms with Crippen LogP contribution in [0, 0.1) is 0 Å². The minimum atomic E-state index is -0.264. The van der Waals surface area contributed by atoms with Crippen molar-refractivity contribution in [3.8, 4) is 0 Å². The molecule has 2 atom stereocenters. The van der Waals surface area contributed by atoms with Crippen LogP contribution in [-0.4, -0.2) is 47.7 Å². The highest BCUT2D eigenvalue weighted by Gasteiger charge is 2.36. The first-order valence-corrected chi connectivity index (χ1v) is 6.83. The summed E-state index contributed by atoms with van der Waals surface area (Å²) in [6, 6.07) is 0.310. The van der Waals surface area contributed by atoms with Crippen molar-refractivity contribution in [3.05, 3.63) is 11.4 Å². The number of hydrogen-bond donors (Lipinski definition) is 2. The van der Waals surface area contributed by atoms with E-state index in [2.05, 4.69) is 15.2 Å². The summed E-state index contributed by atoms with van der Waals surface area (Å²) in [5, 5.41) is 12.7. The van der Waals surface area contributed by atoms with Gasteiger partial charge in [0, 0.05) is 6.54 Å². The first-order valence-electron chi connectivity index (χ1n) is 6.83. The van der Waals surface area contributed by atoms with E-state index in [1.165, 1.54) is 0 Å². The Morgan fingerprint density at radius 1 is 1.42 bits per heavy atom. The van der Waals surface area contributed by atoms with E-state index in [0.29, 0.717) is 12.6 Å². The fourth-order valence-electron chi connectivity index (χ4n) is 3.12. The molecule has 0 radical (unpaired) electrons. The molecule has 3 aliphatic rings. The monoisotopic (exact) mass is 381 g/mol. The third kappa shape index (κ3) is 3.21. The van der Waals surface area contributed by atoms with E-state index in [4.69, 9.17) is 0 Å². The lowest BCUT2D eigenvalue weighted by molar-refractivity contribution is 0.187. The zero-order valence-electron chi connectivity index (χ0n) is 10.9. The van der Waals surface area contributed by atoms with E-state index < -0.39 is 0 Å². The zero-order chi connectivity index (χ0) is 12.5. The van der Waals surface area contributed by atoms with Gasteiger partial charge in [-0.25, -0.2) is 4.39 Å². The standard InChI is InChI=1S/C13H20FN3O.HI/c14-12(9-3-1-2-4-9)7-16-13-15-6-10-5-11(18)8-17(10)13;/h10-11,18H,1-8H2,(H,15,16);1H/t10-,11-;/m1./s1. The molecule has 2 aliphatic heterocycles. The number of nitrogens with zero attached hydrogens (tertiary/aromatic N) is 2. The zero-order valence-corrected chi connectivity index (χ0v) is 13.3. The molecule has 0 amide bonds. The number of aliphatic hydroxyl groups excluding tert-OH is 1. The van der Waals surface area contributed by atoms with Gasteiger partial charge in [0.25, 0.3) is 0 Å². The molecule has 0 aromatic carbocycles. The van der Waals surface area contributed by atoms with E-state index in [1.807, 2.05) is 0 Å². The van der Waals surface area contributed by atoms with Crippen molar-refractivity contribution in [2.24, 2.45) is 4.99 Å². The number of allylic oxidation sites excluding steroid dienone is 1. The maximum absolute atomic E-state index is 13.9. The number of hydrogen-bond acceptors (Lipinski definition) is 4. The number of aliphatic imine (C=N–C) groups is 1. The van der Waals surface area contributed by atoms with E-state index in [0.717, 1.165) is 50.2 Å². The molecule has 4 nitrogen and oxygen atoms in total. The third-order valence-electron chi connectivity index (χ3n) is 4.11. The van der Waals surface area contributed by atoms with Crippen LogP contribution in [0.4, 0.5) is 4.39 Å². The molecule has 1 saturated carbocycles. The summed E-state index contributed by atoms with van der Waals surface area (Å²) in [7, 11) is 0. The molecule has 108 valence electrons. The molecule has 6 heteroatoms. The van der Waals surface area contributed by atoms with E-state index >= 15 is 0 Å². The highest BCUT2D eigenvalue weighted by molar-refractivity contribution is 14.0. The van der Waals surface area contributed by atoms with Gasteiger partial charge in [0.15, 0.2) is 5.96 Å². The summed E-state index contributed by atoms with van der Waals surface area (Å²) in [6.45, 7) is 1.58. The van der Waals surface area contributed by atoms with Crippen LogP contribution in [0.3, 0.4) is 0 Å². The predicted octanol–water partition coefficient (Wildman–Crippen LogP) is 1.80. The minimum absolute atomic E-state index is 0. The van der Waals surface area contributed by atoms with Crippen LogP contribution in [0.5, 0.6) is 0 Å². The van der Waals surface area contributed by atoms with Crippen molar-refractivity contribution in [2.75, 3.05) is 19.6 Å². The number of rotatable bonds is 2. The van der Waals surface area contributed by atoms with Crippen molar-refractivity contribution in [1.82, 2.24) is 10.2 Å². The topological polar surface area (TPSA) is 47.9 Å². The Morgan fingerprint density at radius 3 is 2.89 bits per heavy atom. The van der Waals surface area contributed by atoms with Crippen LogP contribution in [0.25, 0.3) is 0 Å². The molecule has 0 bridgehead atoms. The molecule has 2 heterocycles. The Hall–Kier alpha value is -0.370. The second-order valence-electron chi connectivity index (χ2n) is 5.43. The van der Waals surface area contributed by atoms with Crippen LogP contribution in [0.1, 0.15) is 32.1 Å². The molecule has 1 saturated heterocycles. The predicted molar refractivity (Wildman–Crippen MR) is 83.4 cm³/mol. The Labute approximate surface area is 130 Å². The van der Waals surface area contributed by atoms with Gasteiger partial charge < -0.3 is 15.3 Å². The van der Waals surface area contributed by atoms with Crippen molar-refractivity contribution in [2.45, 2.75) is 44.2 Å². The number of aliphatic hydroxyl groups is 1. The molecule has 0 spiro atoms. The first kappa shape index (κ1) is 15.0. The first-order chi connectivity index (χ1) is 8.74. The summed E-state index contributed by atoms with van der Waals surface area (Å²) in [4.78, 5) is 6.45. The summed E-state index contributed by atoms with van der Waals surface area (Å²) in [6.07, 6.45) is 4.56. The van der Waals surface area contributed by atoms with Crippen LogP contribution < -0.4 is 5.32 Å². The lowest BCUT2D eigenvalue weighted by atomic mass is 10.2. The molecule has 2 N–H and O–H groups in total. The van der Waals surface area contributed by atoms with Crippen LogP contribution in [-0.2, 0) is 0 Å². The average Bonchev–Trinajstić information content (AvgIpc) is 3.02. The Kier molecular flexibility index (Phi) is 5.05. The summed E-state index contributed by atoms with van der Waals surface area (Å²) < 4.78 is 13.9. The lowest BCUT2D eigenvalue weighted by Crippen LogP contribution is -2.41. The van der Waals surface area contributed by atoms with Crippen LogP contribution in [0.2, 0.25) is 0 Å².